The van der Waals surface area contributed by atoms with E-state index in [-0.39, 0.29) is 0 Å². The normalized spacial score (nSPS) is 25.5. The maximum atomic E-state index is 5.48. The van der Waals surface area contributed by atoms with E-state index < -0.39 is 0 Å². The molecular formula is C7H15N3S. The van der Waals surface area contributed by atoms with E-state index in [4.69, 9.17) is 5.73 Å². The molecule has 0 aliphatic carbocycles. The average molecular weight is 173 g/mol. The molecule has 3 N–H and O–H groups in total. The number of nitrogens with zero attached hydrogens (tertiary/aromatic N) is 1. The van der Waals surface area contributed by atoms with E-state index in [0.717, 1.165) is 11.8 Å². The van der Waals surface area contributed by atoms with Crippen molar-refractivity contribution in [3.05, 3.63) is 0 Å². The molecule has 0 saturated carbocycles. The SMILES string of the molecule is CN=C(N)NCC1CCCS1. The number of guanidine groups is 1. The summed E-state index contributed by atoms with van der Waals surface area (Å²) in [6, 6.07) is 0. The zero-order valence-electron chi connectivity index (χ0n) is 6.84. The van der Waals surface area contributed by atoms with E-state index in [9.17, 15) is 0 Å². The van der Waals surface area contributed by atoms with Crippen molar-refractivity contribution < 1.29 is 0 Å². The van der Waals surface area contributed by atoms with Gasteiger partial charge < -0.3 is 11.1 Å². The summed E-state index contributed by atoms with van der Waals surface area (Å²) in [5.41, 5.74) is 5.48. The number of nitrogens with one attached hydrogen (secondary N) is 1. The van der Waals surface area contributed by atoms with E-state index in [1.54, 1.807) is 7.05 Å². The number of thioether (sulfide) groups is 1. The van der Waals surface area contributed by atoms with Crippen molar-refractivity contribution in [2.24, 2.45) is 10.7 Å². The predicted molar refractivity (Wildman–Crippen MR) is 51.0 cm³/mol. The van der Waals surface area contributed by atoms with E-state index >= 15 is 0 Å². The molecule has 11 heavy (non-hydrogen) atoms. The van der Waals surface area contributed by atoms with Gasteiger partial charge in [-0.15, -0.1) is 0 Å². The molecule has 1 rings (SSSR count). The second-order valence-electron chi connectivity index (χ2n) is 2.62. The minimum atomic E-state index is 0.553. The molecule has 1 fully saturated rings. The second kappa shape index (κ2) is 4.49. The first-order valence-electron chi connectivity index (χ1n) is 3.90. The van der Waals surface area contributed by atoms with Crippen LogP contribution in [-0.4, -0.2) is 30.6 Å². The van der Waals surface area contributed by atoms with Crippen molar-refractivity contribution in [3.8, 4) is 0 Å². The maximum Gasteiger partial charge on any atom is 0.188 e. The third-order valence-corrected chi connectivity index (χ3v) is 3.17. The van der Waals surface area contributed by atoms with Gasteiger partial charge in [0.15, 0.2) is 5.96 Å². The van der Waals surface area contributed by atoms with Gasteiger partial charge in [0.05, 0.1) is 0 Å². The number of hydrogen-bond donors (Lipinski definition) is 2. The van der Waals surface area contributed by atoms with Crippen LogP contribution < -0.4 is 11.1 Å². The minimum Gasteiger partial charge on any atom is -0.370 e. The Morgan fingerprint density at radius 3 is 3.18 bits per heavy atom. The first kappa shape index (κ1) is 8.71. The van der Waals surface area contributed by atoms with Gasteiger partial charge in [-0.1, -0.05) is 0 Å². The average Bonchev–Trinajstić information content (AvgIpc) is 2.52. The summed E-state index contributed by atoms with van der Waals surface area (Å²) in [5, 5.41) is 3.83. The number of rotatable bonds is 2. The quantitative estimate of drug-likeness (QED) is 0.470. The molecule has 3 nitrogen and oxygen atoms in total. The predicted octanol–water partition coefficient (Wildman–Crippen LogP) is 0.416. The molecule has 1 aliphatic rings. The van der Waals surface area contributed by atoms with Gasteiger partial charge >= 0.3 is 0 Å². The molecule has 1 atom stereocenters. The standard InChI is InChI=1S/C7H15N3S/c1-9-7(8)10-5-6-3-2-4-11-6/h6H,2-5H2,1H3,(H3,8,9,10). The largest absolute Gasteiger partial charge is 0.370 e. The van der Waals surface area contributed by atoms with Gasteiger partial charge in [-0.2, -0.15) is 11.8 Å². The topological polar surface area (TPSA) is 50.4 Å². The Labute approximate surface area is 71.8 Å². The van der Waals surface area contributed by atoms with Crippen molar-refractivity contribution in [1.82, 2.24) is 5.32 Å². The summed E-state index contributed by atoms with van der Waals surface area (Å²) in [7, 11) is 1.70. The van der Waals surface area contributed by atoms with Crippen molar-refractivity contribution in [1.29, 1.82) is 0 Å². The molecule has 0 spiro atoms. The highest BCUT2D eigenvalue weighted by Gasteiger charge is 2.14. The molecule has 1 heterocycles. The lowest BCUT2D eigenvalue weighted by molar-refractivity contribution is 0.744. The number of aliphatic imine (C=N–C) groups is 1. The molecule has 0 bridgehead atoms. The van der Waals surface area contributed by atoms with E-state index in [1.807, 2.05) is 11.8 Å². The molecule has 0 amide bonds. The number of hydrogen-bond acceptors (Lipinski definition) is 2. The molecule has 0 radical (unpaired) electrons. The van der Waals surface area contributed by atoms with Crippen LogP contribution in [0.4, 0.5) is 0 Å². The zero-order chi connectivity index (χ0) is 8.10. The lowest BCUT2D eigenvalue weighted by atomic mass is 10.2. The van der Waals surface area contributed by atoms with Crippen LogP contribution in [0.3, 0.4) is 0 Å². The van der Waals surface area contributed by atoms with Crippen molar-refractivity contribution in [2.45, 2.75) is 18.1 Å². The lowest BCUT2D eigenvalue weighted by Gasteiger charge is -2.09. The monoisotopic (exact) mass is 173 g/mol. The van der Waals surface area contributed by atoms with Gasteiger partial charge in [0, 0.05) is 18.8 Å². The summed E-state index contributed by atoms with van der Waals surface area (Å²) in [5.74, 6) is 1.85. The van der Waals surface area contributed by atoms with E-state index in [1.165, 1.54) is 18.6 Å². The Kier molecular flexibility index (Phi) is 3.56. The van der Waals surface area contributed by atoms with Gasteiger partial charge in [0.25, 0.3) is 0 Å². The van der Waals surface area contributed by atoms with E-state index in [0.29, 0.717) is 5.96 Å². The first-order valence-corrected chi connectivity index (χ1v) is 4.95. The van der Waals surface area contributed by atoms with Gasteiger partial charge in [-0.25, -0.2) is 0 Å². The van der Waals surface area contributed by atoms with Crippen LogP contribution in [0.1, 0.15) is 12.8 Å². The van der Waals surface area contributed by atoms with Crippen LogP contribution in [0.15, 0.2) is 4.99 Å². The van der Waals surface area contributed by atoms with Crippen LogP contribution in [0.5, 0.6) is 0 Å². The molecule has 0 aromatic heterocycles. The molecule has 0 aromatic carbocycles. The number of nitrogens with two attached hydrogens (primary N) is 1. The molecular weight excluding hydrogens is 158 g/mol. The summed E-state index contributed by atoms with van der Waals surface area (Å²) in [4.78, 5) is 3.82. The molecule has 4 heteroatoms. The molecule has 1 saturated heterocycles. The van der Waals surface area contributed by atoms with Gasteiger partial charge in [0.2, 0.25) is 0 Å². The highest BCUT2D eigenvalue weighted by Crippen LogP contribution is 2.24. The molecule has 1 unspecified atom stereocenters. The second-order valence-corrected chi connectivity index (χ2v) is 4.03. The fraction of sp³-hybridized carbons (Fsp3) is 0.857. The van der Waals surface area contributed by atoms with Crippen LogP contribution in [0, 0.1) is 0 Å². The van der Waals surface area contributed by atoms with Gasteiger partial charge in [-0.3, -0.25) is 4.99 Å². The first-order chi connectivity index (χ1) is 5.33. The summed E-state index contributed by atoms with van der Waals surface area (Å²) < 4.78 is 0. The Balaban J connectivity index is 2.11. The summed E-state index contributed by atoms with van der Waals surface area (Å²) in [6.07, 6.45) is 2.66. The van der Waals surface area contributed by atoms with E-state index in [2.05, 4.69) is 10.3 Å². The summed E-state index contributed by atoms with van der Waals surface area (Å²) >= 11 is 2.02. The molecule has 0 aromatic rings. The third kappa shape index (κ3) is 3.01. The summed E-state index contributed by atoms with van der Waals surface area (Å²) in [6.45, 7) is 0.966. The molecule has 64 valence electrons. The zero-order valence-corrected chi connectivity index (χ0v) is 7.66. The Hall–Kier alpha value is -0.380. The fourth-order valence-electron chi connectivity index (χ4n) is 1.10. The van der Waals surface area contributed by atoms with Crippen molar-refractivity contribution in [3.63, 3.8) is 0 Å². The van der Waals surface area contributed by atoms with Crippen LogP contribution >= 0.6 is 11.8 Å². The Bertz CT molecular complexity index is 141. The highest BCUT2D eigenvalue weighted by molar-refractivity contribution is 8.00. The maximum absolute atomic E-state index is 5.48. The molecule has 1 aliphatic heterocycles. The smallest absolute Gasteiger partial charge is 0.188 e. The lowest BCUT2D eigenvalue weighted by Crippen LogP contribution is -2.35. The van der Waals surface area contributed by atoms with Crippen LogP contribution in [0.2, 0.25) is 0 Å². The minimum absolute atomic E-state index is 0.553. The van der Waals surface area contributed by atoms with Crippen molar-refractivity contribution in [2.75, 3.05) is 19.3 Å². The Morgan fingerprint density at radius 2 is 2.64 bits per heavy atom. The van der Waals surface area contributed by atoms with Crippen LogP contribution in [0.25, 0.3) is 0 Å². The van der Waals surface area contributed by atoms with Gasteiger partial charge in [0.1, 0.15) is 0 Å². The highest BCUT2D eigenvalue weighted by atomic mass is 32.2. The fourth-order valence-corrected chi connectivity index (χ4v) is 2.30. The van der Waals surface area contributed by atoms with Gasteiger partial charge in [-0.05, 0) is 18.6 Å². The van der Waals surface area contributed by atoms with Crippen LogP contribution in [-0.2, 0) is 0 Å². The Morgan fingerprint density at radius 1 is 1.82 bits per heavy atom. The third-order valence-electron chi connectivity index (χ3n) is 1.78. The van der Waals surface area contributed by atoms with Crippen molar-refractivity contribution >= 4 is 17.7 Å².